The van der Waals surface area contributed by atoms with Gasteiger partial charge in [0, 0.05) is 44.0 Å². The molecule has 0 aromatic heterocycles. The molecule has 2 heterocycles. The van der Waals surface area contributed by atoms with Gasteiger partial charge in [0.1, 0.15) is 0 Å². The van der Waals surface area contributed by atoms with E-state index in [0.717, 1.165) is 23.3 Å². The van der Waals surface area contributed by atoms with E-state index in [-0.39, 0.29) is 11.7 Å². The Hall–Kier alpha value is -2.24. The molecule has 200 valence electrons. The highest BCUT2D eigenvalue weighted by Crippen LogP contribution is 2.36. The maximum atomic E-state index is 12.8. The van der Waals surface area contributed by atoms with E-state index >= 15 is 0 Å². The van der Waals surface area contributed by atoms with E-state index in [9.17, 15) is 13.2 Å². The zero-order valence-electron chi connectivity index (χ0n) is 22.5. The van der Waals surface area contributed by atoms with Gasteiger partial charge >= 0.3 is 7.12 Å². The number of hydrogen-bond donors (Lipinski definition) is 1. The first-order valence-electron chi connectivity index (χ1n) is 13.0. The summed E-state index contributed by atoms with van der Waals surface area (Å²) in [6, 6.07) is 15.1. The summed E-state index contributed by atoms with van der Waals surface area (Å²) in [6.07, 6.45) is 0.637. The minimum absolute atomic E-state index is 0.183. The van der Waals surface area contributed by atoms with E-state index in [1.165, 1.54) is 0 Å². The summed E-state index contributed by atoms with van der Waals surface area (Å²) in [5.74, 6) is 0.0299. The van der Waals surface area contributed by atoms with Crippen molar-refractivity contribution < 1.29 is 22.5 Å². The highest BCUT2D eigenvalue weighted by molar-refractivity contribution is 7.89. The lowest BCUT2D eigenvalue weighted by Gasteiger charge is -2.34. The second kappa shape index (κ2) is 10.9. The molecule has 1 N–H and O–H groups in total. The largest absolute Gasteiger partial charge is 0.494 e. The highest BCUT2D eigenvalue weighted by atomic mass is 32.2. The summed E-state index contributed by atoms with van der Waals surface area (Å²) in [7, 11) is -3.59. The van der Waals surface area contributed by atoms with Crippen LogP contribution in [0, 0.1) is 0 Å². The van der Waals surface area contributed by atoms with Crippen LogP contribution in [0.3, 0.4) is 0 Å². The van der Waals surface area contributed by atoms with E-state index < -0.39 is 28.3 Å². The van der Waals surface area contributed by atoms with Crippen molar-refractivity contribution in [1.82, 2.24) is 9.21 Å². The molecule has 0 spiro atoms. The van der Waals surface area contributed by atoms with Crippen LogP contribution in [0.2, 0.25) is 0 Å². The number of carbonyl (C=O) groups is 1. The van der Waals surface area contributed by atoms with Crippen LogP contribution in [-0.4, -0.2) is 73.8 Å². The Kier molecular flexibility index (Phi) is 8.16. The second-order valence-corrected chi connectivity index (χ2v) is 12.9. The van der Waals surface area contributed by atoms with Crippen molar-refractivity contribution in [2.75, 3.05) is 37.2 Å². The van der Waals surface area contributed by atoms with E-state index in [2.05, 4.69) is 10.2 Å². The minimum Gasteiger partial charge on any atom is -0.399 e. The number of rotatable bonds is 8. The van der Waals surface area contributed by atoms with Gasteiger partial charge in [0.25, 0.3) is 5.91 Å². The van der Waals surface area contributed by atoms with Crippen molar-refractivity contribution in [3.8, 4) is 0 Å². The van der Waals surface area contributed by atoms with Crippen LogP contribution in [0.1, 0.15) is 57.0 Å². The lowest BCUT2D eigenvalue weighted by molar-refractivity contribution is 0.00578. The third kappa shape index (κ3) is 6.43. The fraction of sp³-hybridized carbons (Fsp3) is 0.519. The van der Waals surface area contributed by atoms with Crippen molar-refractivity contribution in [2.45, 2.75) is 58.8 Å². The molecule has 2 fully saturated rings. The summed E-state index contributed by atoms with van der Waals surface area (Å²) in [5.41, 5.74) is 2.45. The zero-order valence-corrected chi connectivity index (χ0v) is 23.3. The van der Waals surface area contributed by atoms with E-state index in [0.29, 0.717) is 38.2 Å². The molecule has 0 aliphatic carbocycles. The average Bonchev–Trinajstić information content (AvgIpc) is 3.07. The van der Waals surface area contributed by atoms with Crippen molar-refractivity contribution in [3.05, 3.63) is 59.7 Å². The van der Waals surface area contributed by atoms with Gasteiger partial charge in [-0.3, -0.25) is 9.69 Å². The Bertz CT molecular complexity index is 1180. The first-order chi connectivity index (χ1) is 17.4. The van der Waals surface area contributed by atoms with Gasteiger partial charge < -0.3 is 14.6 Å². The Balaban J connectivity index is 1.28. The Morgan fingerprint density at radius 3 is 2.03 bits per heavy atom. The lowest BCUT2D eigenvalue weighted by Crippen LogP contribution is -2.48. The van der Waals surface area contributed by atoms with Gasteiger partial charge in [0.05, 0.1) is 17.0 Å². The van der Waals surface area contributed by atoms with E-state index in [4.69, 9.17) is 9.31 Å². The molecule has 0 radical (unpaired) electrons. The average molecular weight is 527 g/mol. The molecule has 2 aromatic rings. The van der Waals surface area contributed by atoms with Crippen molar-refractivity contribution >= 4 is 34.2 Å². The second-order valence-electron chi connectivity index (χ2n) is 10.9. The zero-order chi connectivity index (χ0) is 26.8. The molecule has 2 saturated heterocycles. The number of sulfonamides is 1. The summed E-state index contributed by atoms with van der Waals surface area (Å²) in [6.45, 7) is 13.2. The van der Waals surface area contributed by atoms with Crippen LogP contribution >= 0.6 is 0 Å². The lowest BCUT2D eigenvalue weighted by atomic mass is 9.79. The number of benzene rings is 2. The molecule has 8 nitrogen and oxygen atoms in total. The molecule has 4 rings (SSSR count). The van der Waals surface area contributed by atoms with Crippen LogP contribution < -0.4 is 10.8 Å². The maximum Gasteiger partial charge on any atom is 0.494 e. The minimum atomic E-state index is -3.13. The molecule has 0 bridgehead atoms. The number of amides is 1. The summed E-state index contributed by atoms with van der Waals surface area (Å²) < 4.78 is 38.3. The summed E-state index contributed by atoms with van der Waals surface area (Å²) in [5, 5.41) is 2.95. The van der Waals surface area contributed by atoms with Crippen molar-refractivity contribution in [1.29, 1.82) is 0 Å². The topological polar surface area (TPSA) is 88.2 Å². The summed E-state index contributed by atoms with van der Waals surface area (Å²) in [4.78, 5) is 15.0. The van der Waals surface area contributed by atoms with Gasteiger partial charge in [0.2, 0.25) is 10.0 Å². The van der Waals surface area contributed by atoms with Gasteiger partial charge in [0.15, 0.2) is 0 Å². The molecule has 37 heavy (non-hydrogen) atoms. The predicted molar refractivity (Wildman–Crippen MR) is 147 cm³/mol. The standard InChI is InChI=1S/C27H38BN3O5S/c1-6-19-37(33,34)31-17-15-30(16-18-31)20-21-7-13-24(14-8-21)29-25(32)22-9-11-23(12-10-22)28-35-26(2,3)27(4,5)36-28/h7-14H,6,15-20H2,1-5H3,(H,29,32). The molecule has 0 atom stereocenters. The van der Waals surface area contributed by atoms with E-state index in [1.54, 1.807) is 16.4 Å². The van der Waals surface area contributed by atoms with Crippen LogP contribution in [0.4, 0.5) is 5.69 Å². The Labute approximate surface area is 221 Å². The van der Waals surface area contributed by atoms with Crippen LogP contribution in [0.15, 0.2) is 48.5 Å². The fourth-order valence-electron chi connectivity index (χ4n) is 4.48. The number of hydrogen-bond acceptors (Lipinski definition) is 6. The molecule has 10 heteroatoms. The number of nitrogens with one attached hydrogen (secondary N) is 1. The molecule has 0 saturated carbocycles. The van der Waals surface area contributed by atoms with Crippen LogP contribution in [0.5, 0.6) is 0 Å². The first-order valence-corrected chi connectivity index (χ1v) is 14.6. The van der Waals surface area contributed by atoms with Crippen molar-refractivity contribution in [2.24, 2.45) is 0 Å². The van der Waals surface area contributed by atoms with Crippen LogP contribution in [-0.2, 0) is 25.9 Å². The quantitative estimate of drug-likeness (QED) is 0.531. The Morgan fingerprint density at radius 1 is 0.919 bits per heavy atom. The molecule has 2 aliphatic heterocycles. The fourth-order valence-corrected chi connectivity index (χ4v) is 5.97. The molecular formula is C27H38BN3O5S. The molecule has 2 aliphatic rings. The number of nitrogens with zero attached hydrogens (tertiary/aromatic N) is 2. The molecule has 2 aromatic carbocycles. The van der Waals surface area contributed by atoms with Gasteiger partial charge in [-0.05, 0) is 69.4 Å². The molecule has 1 amide bonds. The normalized spacial score (nSPS) is 20.2. The highest BCUT2D eigenvalue weighted by Gasteiger charge is 2.51. The Morgan fingerprint density at radius 2 is 1.49 bits per heavy atom. The van der Waals surface area contributed by atoms with Gasteiger partial charge in [-0.1, -0.05) is 31.2 Å². The molecule has 0 unspecified atom stereocenters. The van der Waals surface area contributed by atoms with Crippen LogP contribution in [0.25, 0.3) is 0 Å². The predicted octanol–water partition coefficient (Wildman–Crippen LogP) is 3.10. The third-order valence-electron chi connectivity index (χ3n) is 7.50. The van der Waals surface area contributed by atoms with Crippen molar-refractivity contribution in [3.63, 3.8) is 0 Å². The van der Waals surface area contributed by atoms with Gasteiger partial charge in [-0.2, -0.15) is 4.31 Å². The number of anilines is 1. The maximum absolute atomic E-state index is 12.8. The monoisotopic (exact) mass is 527 g/mol. The third-order valence-corrected chi connectivity index (χ3v) is 9.58. The number of carbonyl (C=O) groups excluding carboxylic acids is 1. The molecular weight excluding hydrogens is 489 g/mol. The number of piperazine rings is 1. The first kappa shape index (κ1) is 27.8. The van der Waals surface area contributed by atoms with Gasteiger partial charge in [-0.25, -0.2) is 8.42 Å². The van der Waals surface area contributed by atoms with Gasteiger partial charge in [-0.15, -0.1) is 0 Å². The SMILES string of the molecule is CCCS(=O)(=O)N1CCN(Cc2ccc(NC(=O)c3ccc(B4OC(C)(C)C(C)(C)O4)cc3)cc2)CC1. The smallest absolute Gasteiger partial charge is 0.399 e. The summed E-state index contributed by atoms with van der Waals surface area (Å²) >= 11 is 0. The van der Waals surface area contributed by atoms with E-state index in [1.807, 2.05) is 71.0 Å².